The van der Waals surface area contributed by atoms with E-state index < -0.39 is 6.10 Å². The molecule has 21 heavy (non-hydrogen) atoms. The van der Waals surface area contributed by atoms with Crippen LogP contribution in [0.4, 0.5) is 4.39 Å². The Labute approximate surface area is 137 Å². The summed E-state index contributed by atoms with van der Waals surface area (Å²) in [6, 6.07) is 7.03. The van der Waals surface area contributed by atoms with Crippen LogP contribution in [0.1, 0.15) is 29.2 Å². The van der Waals surface area contributed by atoms with Gasteiger partial charge in [-0.15, -0.1) is 11.3 Å². The molecule has 0 amide bonds. The third kappa shape index (κ3) is 4.88. The van der Waals surface area contributed by atoms with E-state index in [0.717, 1.165) is 16.9 Å². The van der Waals surface area contributed by atoms with Crippen molar-refractivity contribution >= 4 is 27.3 Å². The van der Waals surface area contributed by atoms with Gasteiger partial charge >= 0.3 is 0 Å². The Hall–Kier alpha value is -0.750. The maximum atomic E-state index is 13.5. The van der Waals surface area contributed by atoms with E-state index in [4.69, 9.17) is 0 Å². The highest BCUT2D eigenvalue weighted by Crippen LogP contribution is 2.23. The van der Waals surface area contributed by atoms with Crippen molar-refractivity contribution < 1.29 is 9.50 Å². The molecule has 0 aliphatic rings. The number of hydrogen-bond donors (Lipinski definition) is 1. The van der Waals surface area contributed by atoms with E-state index in [0.29, 0.717) is 17.5 Å². The second-order valence-corrected chi connectivity index (χ2v) is 7.60. The molecule has 0 saturated heterocycles. The first-order chi connectivity index (χ1) is 9.95. The minimum absolute atomic E-state index is 0.261. The van der Waals surface area contributed by atoms with Crippen LogP contribution in [-0.2, 0) is 6.54 Å². The summed E-state index contributed by atoms with van der Waals surface area (Å²) in [7, 11) is 2.02. The minimum Gasteiger partial charge on any atom is -0.388 e. The van der Waals surface area contributed by atoms with Crippen molar-refractivity contribution in [1.82, 2.24) is 4.90 Å². The molecule has 0 radical (unpaired) electrons. The number of thiophene rings is 1. The lowest BCUT2D eigenvalue weighted by atomic mass is 10.0. The van der Waals surface area contributed by atoms with Gasteiger partial charge in [0.05, 0.1) is 9.89 Å². The van der Waals surface area contributed by atoms with E-state index in [9.17, 15) is 9.50 Å². The summed E-state index contributed by atoms with van der Waals surface area (Å²) in [5.74, 6) is -0.261. The van der Waals surface area contributed by atoms with Gasteiger partial charge in [0.1, 0.15) is 5.82 Å². The molecule has 1 N–H and O–H groups in total. The summed E-state index contributed by atoms with van der Waals surface area (Å²) < 4.78 is 14.6. The molecule has 114 valence electrons. The van der Waals surface area contributed by atoms with Crippen LogP contribution >= 0.6 is 27.3 Å². The second kappa shape index (κ2) is 7.49. The lowest BCUT2D eigenvalue weighted by Gasteiger charge is -2.18. The fourth-order valence-electron chi connectivity index (χ4n) is 2.15. The summed E-state index contributed by atoms with van der Waals surface area (Å²) in [5, 5.41) is 12.3. The third-order valence-corrected chi connectivity index (χ3v) is 4.99. The van der Waals surface area contributed by atoms with Crippen LogP contribution in [0.3, 0.4) is 0 Å². The van der Waals surface area contributed by atoms with Gasteiger partial charge in [-0.1, -0.05) is 12.1 Å². The first kappa shape index (κ1) is 16.6. The van der Waals surface area contributed by atoms with Crippen molar-refractivity contribution in [2.24, 2.45) is 0 Å². The Morgan fingerprint density at radius 3 is 2.76 bits per heavy atom. The van der Waals surface area contributed by atoms with Gasteiger partial charge in [-0.3, -0.25) is 0 Å². The molecular formula is C16H19BrFNOS. The molecule has 0 fully saturated rings. The zero-order valence-electron chi connectivity index (χ0n) is 12.1. The highest BCUT2D eigenvalue weighted by Gasteiger charge is 2.11. The van der Waals surface area contributed by atoms with E-state index in [1.165, 1.54) is 11.6 Å². The summed E-state index contributed by atoms with van der Waals surface area (Å²) in [4.78, 5) is 2.16. The summed E-state index contributed by atoms with van der Waals surface area (Å²) in [6.45, 7) is 3.32. The molecule has 2 aromatic rings. The summed E-state index contributed by atoms with van der Waals surface area (Å²) >= 11 is 5.12. The molecule has 2 nitrogen and oxygen atoms in total. The third-order valence-electron chi connectivity index (χ3n) is 3.44. The summed E-state index contributed by atoms with van der Waals surface area (Å²) in [5.41, 5.74) is 2.50. The molecule has 1 heterocycles. The van der Waals surface area contributed by atoms with Crippen molar-refractivity contribution in [3.63, 3.8) is 0 Å². The average Bonchev–Trinajstić information content (AvgIpc) is 2.84. The van der Waals surface area contributed by atoms with Crippen LogP contribution in [0.5, 0.6) is 0 Å². The van der Waals surface area contributed by atoms with E-state index in [2.05, 4.69) is 32.3 Å². The lowest BCUT2D eigenvalue weighted by Crippen LogP contribution is -2.20. The molecule has 1 aromatic carbocycles. The van der Waals surface area contributed by atoms with Crippen molar-refractivity contribution in [2.45, 2.75) is 26.0 Å². The highest BCUT2D eigenvalue weighted by atomic mass is 79.9. The molecule has 1 atom stereocenters. The molecule has 0 saturated carbocycles. The zero-order valence-corrected chi connectivity index (χ0v) is 14.5. The Kier molecular flexibility index (Phi) is 5.93. The van der Waals surface area contributed by atoms with Gasteiger partial charge in [0.25, 0.3) is 0 Å². The Bertz CT molecular complexity index is 602. The Balaban J connectivity index is 1.85. The largest absolute Gasteiger partial charge is 0.388 e. The van der Waals surface area contributed by atoms with Crippen molar-refractivity contribution in [1.29, 1.82) is 0 Å². The maximum Gasteiger partial charge on any atom is 0.126 e. The number of aryl methyl sites for hydroxylation is 1. The number of aliphatic hydroxyl groups excluding tert-OH is 1. The Morgan fingerprint density at radius 1 is 1.38 bits per heavy atom. The van der Waals surface area contributed by atoms with Crippen LogP contribution in [0, 0.1) is 12.7 Å². The van der Waals surface area contributed by atoms with Gasteiger partial charge in [0.15, 0.2) is 0 Å². The molecule has 0 aliphatic heterocycles. The van der Waals surface area contributed by atoms with Crippen LogP contribution in [-0.4, -0.2) is 23.6 Å². The number of hydrogen-bond acceptors (Lipinski definition) is 3. The van der Waals surface area contributed by atoms with E-state index in [-0.39, 0.29) is 5.82 Å². The van der Waals surface area contributed by atoms with E-state index in [1.54, 1.807) is 30.4 Å². The average molecular weight is 372 g/mol. The fourth-order valence-corrected chi connectivity index (χ4v) is 3.35. The van der Waals surface area contributed by atoms with Gasteiger partial charge in [-0.25, -0.2) is 4.39 Å². The quantitative estimate of drug-likeness (QED) is 0.806. The normalized spacial score (nSPS) is 12.9. The predicted octanol–water partition coefficient (Wildman–Crippen LogP) is 4.51. The smallest absolute Gasteiger partial charge is 0.126 e. The first-order valence-corrected chi connectivity index (χ1v) is 8.48. The molecule has 0 spiro atoms. The maximum absolute atomic E-state index is 13.5. The lowest BCUT2D eigenvalue weighted by molar-refractivity contribution is 0.147. The van der Waals surface area contributed by atoms with Gasteiger partial charge in [0, 0.05) is 13.1 Å². The fraction of sp³-hybridized carbons (Fsp3) is 0.375. The topological polar surface area (TPSA) is 23.5 Å². The molecule has 2 rings (SSSR count). The molecular weight excluding hydrogens is 353 g/mol. The van der Waals surface area contributed by atoms with E-state index >= 15 is 0 Å². The minimum atomic E-state index is -0.628. The number of benzene rings is 1. The molecule has 5 heteroatoms. The number of aliphatic hydroxyl groups is 1. The van der Waals surface area contributed by atoms with Crippen LogP contribution in [0.25, 0.3) is 0 Å². The van der Waals surface area contributed by atoms with Gasteiger partial charge in [-0.2, -0.15) is 0 Å². The predicted molar refractivity (Wildman–Crippen MR) is 89.1 cm³/mol. The van der Waals surface area contributed by atoms with Crippen LogP contribution in [0.2, 0.25) is 0 Å². The monoisotopic (exact) mass is 371 g/mol. The molecule has 1 unspecified atom stereocenters. The number of halogens is 2. The number of nitrogens with zero attached hydrogens (tertiary/aromatic N) is 1. The molecule has 1 aromatic heterocycles. The summed E-state index contributed by atoms with van der Waals surface area (Å²) in [6.07, 6.45) is -0.0404. The SMILES string of the molecule is Cc1ccc(C(O)CCN(C)Cc2csc(Br)c2)cc1F. The van der Waals surface area contributed by atoms with Gasteiger partial charge < -0.3 is 10.0 Å². The van der Waals surface area contributed by atoms with Crippen LogP contribution < -0.4 is 0 Å². The first-order valence-electron chi connectivity index (χ1n) is 6.81. The zero-order chi connectivity index (χ0) is 15.4. The van der Waals surface area contributed by atoms with Gasteiger partial charge in [0.2, 0.25) is 0 Å². The van der Waals surface area contributed by atoms with Crippen molar-refractivity contribution in [3.05, 3.63) is 55.9 Å². The molecule has 0 bridgehead atoms. The molecule has 0 aliphatic carbocycles. The van der Waals surface area contributed by atoms with Crippen molar-refractivity contribution in [2.75, 3.05) is 13.6 Å². The Morgan fingerprint density at radius 2 is 2.14 bits per heavy atom. The number of rotatable bonds is 6. The van der Waals surface area contributed by atoms with Crippen molar-refractivity contribution in [3.8, 4) is 0 Å². The van der Waals surface area contributed by atoms with E-state index in [1.807, 2.05) is 7.05 Å². The van der Waals surface area contributed by atoms with Gasteiger partial charge in [-0.05, 0) is 70.5 Å². The standard InChI is InChI=1S/C16H19BrFNOS/c1-11-3-4-13(8-14(11)18)15(20)5-6-19(2)9-12-7-16(17)21-10-12/h3-4,7-8,10,15,20H,5-6,9H2,1-2H3. The second-order valence-electron chi connectivity index (χ2n) is 5.31. The van der Waals surface area contributed by atoms with Crippen LogP contribution in [0.15, 0.2) is 33.4 Å². The highest BCUT2D eigenvalue weighted by molar-refractivity contribution is 9.11.